The van der Waals surface area contributed by atoms with Gasteiger partial charge in [-0.1, -0.05) is 30.7 Å². The van der Waals surface area contributed by atoms with Crippen LogP contribution in [0.3, 0.4) is 0 Å². The van der Waals surface area contributed by atoms with E-state index in [1.165, 1.54) is 37.7 Å². The molecule has 7 atom stereocenters. The second-order valence-corrected chi connectivity index (χ2v) is 8.94. The molecular weight excluding hydrogens is 266 g/mol. The van der Waals surface area contributed by atoms with Gasteiger partial charge >= 0.3 is 0 Å². The molecule has 1 nitrogen and oxygen atoms in total. The van der Waals surface area contributed by atoms with Crippen LogP contribution in [0.5, 0.6) is 0 Å². The van der Waals surface area contributed by atoms with Gasteiger partial charge in [-0.05, 0) is 76.0 Å². The highest BCUT2D eigenvalue weighted by atomic mass is 15.0. The van der Waals surface area contributed by atoms with Gasteiger partial charge in [-0.15, -0.1) is 0 Å². The van der Waals surface area contributed by atoms with Crippen LogP contribution in [-0.2, 0) is 0 Å². The van der Waals surface area contributed by atoms with Crippen LogP contribution in [0.1, 0.15) is 59.8 Å². The highest BCUT2D eigenvalue weighted by Gasteiger charge is 2.56. The minimum atomic E-state index is 0.354. The Kier molecular flexibility index (Phi) is 4.31. The van der Waals surface area contributed by atoms with Crippen LogP contribution in [0.2, 0.25) is 0 Å². The van der Waals surface area contributed by atoms with Crippen LogP contribution in [-0.4, -0.2) is 5.54 Å². The molecule has 0 aromatic carbocycles. The molecule has 3 saturated carbocycles. The molecule has 124 valence electrons. The van der Waals surface area contributed by atoms with Gasteiger partial charge in [0.1, 0.15) is 0 Å². The molecule has 0 spiro atoms. The lowest BCUT2D eigenvalue weighted by Gasteiger charge is -2.59. The van der Waals surface area contributed by atoms with E-state index in [1.807, 2.05) is 0 Å². The molecule has 0 aromatic heterocycles. The van der Waals surface area contributed by atoms with Crippen molar-refractivity contribution in [1.29, 1.82) is 0 Å². The van der Waals surface area contributed by atoms with Crippen molar-refractivity contribution in [3.8, 4) is 0 Å². The third-order valence-corrected chi connectivity index (χ3v) is 7.33. The number of nitrogens with two attached hydrogens (primary N) is 1. The van der Waals surface area contributed by atoms with Gasteiger partial charge in [-0.3, -0.25) is 0 Å². The fourth-order valence-corrected chi connectivity index (χ4v) is 6.27. The van der Waals surface area contributed by atoms with Crippen LogP contribution in [0.25, 0.3) is 0 Å². The average Bonchev–Trinajstić information content (AvgIpc) is 2.45. The molecule has 1 heteroatoms. The third-order valence-electron chi connectivity index (χ3n) is 7.33. The van der Waals surface area contributed by atoms with Gasteiger partial charge < -0.3 is 5.32 Å². The standard InChI is InChI=1S/C21H35N/c1-13(2)11-16-12-15(4)17-9-10-21(5,22-6)18-8-7-14(3)19(16)20(17)18/h11,15-20H,3,6-10,12,22H2,1-2,4-5H3/t15-,16+,17+,18-,19-,20+,21-/m0/s1. The van der Waals surface area contributed by atoms with Crippen molar-refractivity contribution >= 4 is 0 Å². The summed E-state index contributed by atoms with van der Waals surface area (Å²) in [6.45, 7) is 14.0. The summed E-state index contributed by atoms with van der Waals surface area (Å²) in [5, 5.41) is 2.29. The van der Waals surface area contributed by atoms with Crippen LogP contribution in [0, 0.1) is 42.6 Å². The molecule has 0 radical (unpaired) electrons. The summed E-state index contributed by atoms with van der Waals surface area (Å²) in [6, 6.07) is 0. The monoisotopic (exact) mass is 301 g/mol. The Labute approximate surface area is 137 Å². The molecule has 3 aliphatic rings. The largest absolute Gasteiger partial charge is 0.474 e. The summed E-state index contributed by atoms with van der Waals surface area (Å²) in [5.41, 5.74) is 3.38. The summed E-state index contributed by atoms with van der Waals surface area (Å²) < 4.78 is 0. The zero-order chi connectivity index (χ0) is 16.1. The van der Waals surface area contributed by atoms with Crippen LogP contribution in [0.15, 0.2) is 23.8 Å². The molecule has 0 unspecified atom stereocenters. The molecular formula is C21H35N. The van der Waals surface area contributed by atoms with Crippen molar-refractivity contribution in [1.82, 2.24) is 0 Å². The second-order valence-electron chi connectivity index (χ2n) is 8.94. The number of hydrogen-bond acceptors (Lipinski definition) is 0. The maximum absolute atomic E-state index is 4.53. The van der Waals surface area contributed by atoms with Crippen molar-refractivity contribution < 1.29 is 5.32 Å². The van der Waals surface area contributed by atoms with Crippen molar-refractivity contribution in [3.05, 3.63) is 30.8 Å². The highest BCUT2D eigenvalue weighted by Crippen LogP contribution is 2.59. The summed E-state index contributed by atoms with van der Waals surface area (Å²) in [7, 11) is 4.21. The number of allylic oxidation sites excluding steroid dienone is 3. The van der Waals surface area contributed by atoms with Gasteiger partial charge in [0.25, 0.3) is 0 Å². The zero-order valence-corrected chi connectivity index (χ0v) is 15.1. The molecule has 3 aliphatic carbocycles. The van der Waals surface area contributed by atoms with Gasteiger partial charge in [-0.25, -0.2) is 0 Å². The SMILES string of the molecule is C=C1CC[C@H]2[C@H]3[C@H](CC[C@]2(C)[NH2+][CH2-])[C@@H](C)C[C@@H](C=C(C)C)[C@H]13. The molecule has 3 rings (SSSR count). The Bertz CT molecular complexity index is 472. The van der Waals surface area contributed by atoms with Gasteiger partial charge in [0, 0.05) is 12.3 Å². The Morgan fingerprint density at radius 1 is 1.36 bits per heavy atom. The van der Waals surface area contributed by atoms with E-state index in [4.69, 9.17) is 0 Å². The Morgan fingerprint density at radius 2 is 2.09 bits per heavy atom. The first-order chi connectivity index (χ1) is 10.4. The molecule has 22 heavy (non-hydrogen) atoms. The normalized spacial score (nSPS) is 47.8. The van der Waals surface area contributed by atoms with E-state index in [0.29, 0.717) is 5.54 Å². The second kappa shape index (κ2) is 5.82. The number of hydrogen-bond donors (Lipinski definition) is 1. The van der Waals surface area contributed by atoms with E-state index in [9.17, 15) is 0 Å². The quantitative estimate of drug-likeness (QED) is 0.577. The van der Waals surface area contributed by atoms with Crippen LogP contribution < -0.4 is 5.32 Å². The number of quaternary nitrogens is 1. The first kappa shape index (κ1) is 16.3. The first-order valence-electron chi connectivity index (χ1n) is 9.33. The maximum Gasteiger partial charge on any atom is 0.0726 e. The van der Waals surface area contributed by atoms with Crippen LogP contribution in [0.4, 0.5) is 0 Å². The van der Waals surface area contributed by atoms with Crippen molar-refractivity contribution in [2.45, 2.75) is 65.3 Å². The van der Waals surface area contributed by atoms with Crippen molar-refractivity contribution in [2.75, 3.05) is 0 Å². The fourth-order valence-electron chi connectivity index (χ4n) is 6.27. The Balaban J connectivity index is 2.00. The zero-order valence-electron chi connectivity index (χ0n) is 15.1. The summed E-state index contributed by atoms with van der Waals surface area (Å²) in [4.78, 5) is 0. The third kappa shape index (κ3) is 2.50. The van der Waals surface area contributed by atoms with E-state index in [-0.39, 0.29) is 0 Å². The molecule has 2 N–H and O–H groups in total. The molecule has 0 aliphatic heterocycles. The fraction of sp³-hybridized carbons (Fsp3) is 0.762. The van der Waals surface area contributed by atoms with Crippen molar-refractivity contribution in [3.63, 3.8) is 0 Å². The highest BCUT2D eigenvalue weighted by molar-refractivity contribution is 5.20. The van der Waals surface area contributed by atoms with Crippen LogP contribution >= 0.6 is 0 Å². The Hall–Kier alpha value is -0.560. The van der Waals surface area contributed by atoms with Gasteiger partial charge in [0.2, 0.25) is 0 Å². The predicted molar refractivity (Wildman–Crippen MR) is 94.0 cm³/mol. The minimum Gasteiger partial charge on any atom is -0.474 e. The van der Waals surface area contributed by atoms with E-state index < -0.39 is 0 Å². The molecule has 0 saturated heterocycles. The lowest BCUT2D eigenvalue weighted by Crippen LogP contribution is -2.94. The topological polar surface area (TPSA) is 16.6 Å². The van der Waals surface area contributed by atoms with E-state index >= 15 is 0 Å². The molecule has 0 amide bonds. The smallest absolute Gasteiger partial charge is 0.0726 e. The minimum absolute atomic E-state index is 0.354. The molecule has 0 aromatic rings. The van der Waals surface area contributed by atoms with Gasteiger partial charge in [-0.2, -0.15) is 7.05 Å². The lowest BCUT2D eigenvalue weighted by atomic mass is 9.46. The molecule has 0 bridgehead atoms. The van der Waals surface area contributed by atoms with E-state index in [1.54, 1.807) is 5.57 Å². The Morgan fingerprint density at radius 3 is 2.73 bits per heavy atom. The number of rotatable bonds is 2. The van der Waals surface area contributed by atoms with E-state index in [2.05, 4.69) is 52.7 Å². The summed E-state index contributed by atoms with van der Waals surface area (Å²) >= 11 is 0. The van der Waals surface area contributed by atoms with Gasteiger partial charge in [0.05, 0.1) is 5.54 Å². The van der Waals surface area contributed by atoms with E-state index in [0.717, 1.165) is 35.5 Å². The summed E-state index contributed by atoms with van der Waals surface area (Å²) in [5.74, 6) is 4.92. The van der Waals surface area contributed by atoms with Crippen molar-refractivity contribution in [2.24, 2.45) is 35.5 Å². The molecule has 0 heterocycles. The maximum atomic E-state index is 4.53. The van der Waals surface area contributed by atoms with Gasteiger partial charge in [0.15, 0.2) is 0 Å². The lowest BCUT2D eigenvalue weighted by molar-refractivity contribution is -0.688. The average molecular weight is 302 g/mol. The molecule has 3 fully saturated rings. The first-order valence-corrected chi connectivity index (χ1v) is 9.33. The predicted octanol–water partition coefficient (Wildman–Crippen LogP) is 4.33. The summed E-state index contributed by atoms with van der Waals surface area (Å²) in [6.07, 6.45) is 9.25.